The predicted molar refractivity (Wildman–Crippen MR) is 160 cm³/mol. The Bertz CT molecular complexity index is 1710. The summed E-state index contributed by atoms with van der Waals surface area (Å²) in [5.41, 5.74) is 10.5. The van der Waals surface area contributed by atoms with Crippen LogP contribution in [0, 0.1) is 24.2 Å². The maximum Gasteiger partial charge on any atom is 0.216 e. The number of pyridine rings is 1. The van der Waals surface area contributed by atoms with Gasteiger partial charge in [0.05, 0.1) is 17.2 Å². The smallest absolute Gasteiger partial charge is 0.216 e. The first-order valence-corrected chi connectivity index (χ1v) is 14.4. The van der Waals surface area contributed by atoms with Gasteiger partial charge in [-0.3, -0.25) is 0 Å². The first-order chi connectivity index (χ1) is 18.9. The van der Waals surface area contributed by atoms with E-state index in [0.29, 0.717) is 17.4 Å². The lowest BCUT2D eigenvalue weighted by molar-refractivity contribution is -0.660. The molecule has 39 heavy (non-hydrogen) atoms. The van der Waals surface area contributed by atoms with E-state index < -0.39 is 0 Å². The molecule has 6 rings (SSSR count). The van der Waals surface area contributed by atoms with Crippen molar-refractivity contribution in [2.75, 3.05) is 0 Å². The quantitative estimate of drug-likeness (QED) is 0.220. The Morgan fingerprint density at radius 3 is 2.28 bits per heavy atom. The molecule has 3 nitrogen and oxygen atoms in total. The lowest BCUT2D eigenvalue weighted by atomic mass is 9.83. The van der Waals surface area contributed by atoms with Crippen molar-refractivity contribution in [2.45, 2.75) is 65.2 Å². The van der Waals surface area contributed by atoms with Gasteiger partial charge in [-0.25, -0.2) is 4.57 Å². The fraction of sp³-hybridized carbons (Fsp3) is 0.333. The second kappa shape index (κ2) is 10.3. The molecule has 0 aliphatic heterocycles. The second-order valence-electron chi connectivity index (χ2n) is 11.8. The Labute approximate surface area is 231 Å². The van der Waals surface area contributed by atoms with E-state index in [-0.39, 0.29) is 0 Å². The van der Waals surface area contributed by atoms with E-state index >= 15 is 0 Å². The number of hydrogen-bond acceptors (Lipinski definition) is 2. The van der Waals surface area contributed by atoms with E-state index in [1.165, 1.54) is 48.8 Å². The molecular weight excluding hydrogens is 476 g/mol. The number of nitrogens with zero attached hydrogens (tertiary/aromatic N) is 2. The van der Waals surface area contributed by atoms with Crippen molar-refractivity contribution in [3.8, 4) is 28.5 Å². The van der Waals surface area contributed by atoms with Gasteiger partial charge in [0, 0.05) is 28.5 Å². The summed E-state index contributed by atoms with van der Waals surface area (Å²) in [5, 5.41) is 12.2. The van der Waals surface area contributed by atoms with Crippen LogP contribution in [0.1, 0.15) is 74.1 Å². The highest BCUT2D eigenvalue weighted by Gasteiger charge is 2.24. The molecule has 1 fully saturated rings. The summed E-state index contributed by atoms with van der Waals surface area (Å²) in [7, 11) is 2.10. The molecule has 3 aromatic carbocycles. The molecular formula is C36H37N2O+. The Kier molecular flexibility index (Phi) is 6.73. The third kappa shape index (κ3) is 4.63. The number of aryl methyl sites for hydroxylation is 2. The number of furan rings is 1. The Morgan fingerprint density at radius 2 is 1.59 bits per heavy atom. The van der Waals surface area contributed by atoms with Crippen LogP contribution in [-0.2, 0) is 13.5 Å². The molecule has 0 radical (unpaired) electrons. The zero-order valence-electron chi connectivity index (χ0n) is 23.6. The van der Waals surface area contributed by atoms with Gasteiger partial charge in [0.15, 0.2) is 6.20 Å². The minimum absolute atomic E-state index is 0.588. The monoisotopic (exact) mass is 513 g/mol. The SMILES string of the molecule is Cc1ccc2c(oc3c(-c4ccc(C5CCCCC5)cc4)c(C#N)ccc32)c1-c1cc(CC(C)C)cc[n+]1C. The average molecular weight is 514 g/mol. The fourth-order valence-corrected chi connectivity index (χ4v) is 6.52. The molecule has 2 heterocycles. The van der Waals surface area contributed by atoms with Gasteiger partial charge < -0.3 is 4.42 Å². The summed E-state index contributed by atoms with van der Waals surface area (Å²) in [6.45, 7) is 6.67. The van der Waals surface area contributed by atoms with Gasteiger partial charge in [0.2, 0.25) is 5.69 Å². The minimum Gasteiger partial charge on any atom is -0.454 e. The molecule has 3 heteroatoms. The third-order valence-corrected chi connectivity index (χ3v) is 8.53. The highest BCUT2D eigenvalue weighted by molar-refractivity contribution is 6.14. The van der Waals surface area contributed by atoms with Crippen LogP contribution >= 0.6 is 0 Å². The van der Waals surface area contributed by atoms with Crippen LogP contribution in [-0.4, -0.2) is 0 Å². The molecule has 2 aromatic heterocycles. The van der Waals surface area contributed by atoms with Crippen molar-refractivity contribution in [1.82, 2.24) is 0 Å². The minimum atomic E-state index is 0.588. The molecule has 0 bridgehead atoms. The Balaban J connectivity index is 1.54. The summed E-state index contributed by atoms with van der Waals surface area (Å²) in [6, 6.07) is 24.2. The summed E-state index contributed by atoms with van der Waals surface area (Å²) in [6.07, 6.45) is 9.75. The van der Waals surface area contributed by atoms with Crippen molar-refractivity contribution in [3.05, 3.63) is 89.1 Å². The van der Waals surface area contributed by atoms with Crippen LogP contribution in [0.2, 0.25) is 0 Å². The highest BCUT2D eigenvalue weighted by atomic mass is 16.3. The lowest BCUT2D eigenvalue weighted by Gasteiger charge is -2.22. The molecule has 1 saturated carbocycles. The van der Waals surface area contributed by atoms with Crippen molar-refractivity contribution in [2.24, 2.45) is 13.0 Å². The normalized spacial score (nSPS) is 14.4. The van der Waals surface area contributed by atoms with Crippen LogP contribution in [0.25, 0.3) is 44.3 Å². The van der Waals surface area contributed by atoms with Gasteiger partial charge in [0.1, 0.15) is 18.2 Å². The first-order valence-electron chi connectivity index (χ1n) is 14.4. The van der Waals surface area contributed by atoms with Crippen LogP contribution in [0.5, 0.6) is 0 Å². The molecule has 0 saturated heterocycles. The summed E-state index contributed by atoms with van der Waals surface area (Å²) < 4.78 is 8.99. The maximum atomic E-state index is 10.1. The Morgan fingerprint density at radius 1 is 0.897 bits per heavy atom. The van der Waals surface area contributed by atoms with Gasteiger partial charge >= 0.3 is 0 Å². The van der Waals surface area contributed by atoms with Crippen molar-refractivity contribution in [3.63, 3.8) is 0 Å². The van der Waals surface area contributed by atoms with Crippen molar-refractivity contribution in [1.29, 1.82) is 5.26 Å². The van der Waals surface area contributed by atoms with Gasteiger partial charge in [-0.05, 0) is 72.4 Å². The van der Waals surface area contributed by atoms with Gasteiger partial charge in [-0.2, -0.15) is 5.26 Å². The van der Waals surface area contributed by atoms with Crippen LogP contribution in [0.15, 0.2) is 71.3 Å². The highest BCUT2D eigenvalue weighted by Crippen LogP contribution is 2.42. The number of nitriles is 1. The Hall–Kier alpha value is -3.90. The molecule has 0 amide bonds. The van der Waals surface area contributed by atoms with Gasteiger partial charge in [0.25, 0.3) is 0 Å². The average Bonchev–Trinajstić information content (AvgIpc) is 3.32. The standard InChI is InChI=1S/C36H37N2O/c1-23(2)20-25-18-19-38(4)32(21-25)33-24(3)10-16-30-31-17-15-29(22-37)34(36(31)39-35(30)33)28-13-11-27(12-14-28)26-8-6-5-7-9-26/h10-19,21,23,26H,5-9,20H2,1-4H3/q+1. The predicted octanol–water partition coefficient (Wildman–Crippen LogP) is 9.17. The van der Waals surface area contributed by atoms with Crippen LogP contribution in [0.3, 0.4) is 0 Å². The number of rotatable bonds is 5. The van der Waals surface area contributed by atoms with Gasteiger partial charge in [-0.15, -0.1) is 0 Å². The molecule has 0 unspecified atom stereocenters. The molecule has 5 aromatic rings. The molecule has 1 aliphatic carbocycles. The second-order valence-corrected chi connectivity index (χ2v) is 11.8. The number of aromatic nitrogens is 1. The van der Waals surface area contributed by atoms with E-state index in [0.717, 1.165) is 50.7 Å². The maximum absolute atomic E-state index is 10.1. The lowest BCUT2D eigenvalue weighted by Crippen LogP contribution is -2.31. The fourth-order valence-electron chi connectivity index (χ4n) is 6.52. The summed E-state index contributed by atoms with van der Waals surface area (Å²) >= 11 is 0. The van der Waals surface area contributed by atoms with E-state index in [1.807, 2.05) is 12.1 Å². The summed E-state index contributed by atoms with van der Waals surface area (Å²) in [5.74, 6) is 1.24. The summed E-state index contributed by atoms with van der Waals surface area (Å²) in [4.78, 5) is 0. The van der Waals surface area contributed by atoms with Crippen molar-refractivity contribution < 1.29 is 8.98 Å². The van der Waals surface area contributed by atoms with E-state index in [1.54, 1.807) is 0 Å². The van der Waals surface area contributed by atoms with Crippen molar-refractivity contribution >= 4 is 21.9 Å². The first kappa shape index (κ1) is 25.4. The zero-order valence-corrected chi connectivity index (χ0v) is 23.6. The molecule has 1 aliphatic rings. The molecule has 0 atom stereocenters. The number of benzene rings is 3. The molecule has 196 valence electrons. The number of fused-ring (bicyclic) bond motifs is 3. The van der Waals surface area contributed by atoms with Gasteiger partial charge in [-0.1, -0.05) is 69.5 Å². The number of hydrogen-bond donors (Lipinski definition) is 0. The van der Waals surface area contributed by atoms with E-state index in [9.17, 15) is 5.26 Å². The van der Waals surface area contributed by atoms with Crippen LogP contribution < -0.4 is 4.57 Å². The third-order valence-electron chi connectivity index (χ3n) is 8.53. The van der Waals surface area contributed by atoms with E-state index in [4.69, 9.17) is 4.42 Å². The van der Waals surface area contributed by atoms with E-state index in [2.05, 4.69) is 93.2 Å². The largest absolute Gasteiger partial charge is 0.454 e. The molecule has 0 spiro atoms. The molecule has 0 N–H and O–H groups in total. The topological polar surface area (TPSA) is 40.8 Å². The zero-order chi connectivity index (χ0) is 27.1. The van der Waals surface area contributed by atoms with Crippen LogP contribution in [0.4, 0.5) is 0 Å².